The van der Waals surface area contributed by atoms with Gasteiger partial charge in [-0.1, -0.05) is 43.6 Å². The van der Waals surface area contributed by atoms with Crippen molar-refractivity contribution in [3.63, 3.8) is 0 Å². The summed E-state index contributed by atoms with van der Waals surface area (Å²) >= 11 is 7.05. The third-order valence-electron chi connectivity index (χ3n) is 3.83. The Morgan fingerprint density at radius 1 is 1.35 bits per heavy atom. The molecule has 0 bridgehead atoms. The zero-order chi connectivity index (χ0) is 19.1. The molecular formula is C16H20ClN5O3S. The maximum absolute atomic E-state index is 12.2. The second kappa shape index (κ2) is 9.54. The van der Waals surface area contributed by atoms with Crippen molar-refractivity contribution in [2.45, 2.75) is 31.5 Å². The molecule has 0 saturated carbocycles. The number of tetrazole rings is 1. The van der Waals surface area contributed by atoms with Crippen molar-refractivity contribution in [2.75, 3.05) is 12.9 Å². The van der Waals surface area contributed by atoms with Crippen LogP contribution >= 0.6 is 23.4 Å². The number of rotatable bonds is 8. The third kappa shape index (κ3) is 5.18. The van der Waals surface area contributed by atoms with Crippen LogP contribution in [-0.4, -0.2) is 51.0 Å². The van der Waals surface area contributed by atoms with Crippen molar-refractivity contribution >= 4 is 35.2 Å². The lowest BCUT2D eigenvalue weighted by molar-refractivity contribution is -0.146. The molecule has 2 rings (SSSR count). The van der Waals surface area contributed by atoms with E-state index < -0.39 is 12.0 Å². The lowest BCUT2D eigenvalue weighted by Crippen LogP contribution is -2.46. The monoisotopic (exact) mass is 397 g/mol. The highest BCUT2D eigenvalue weighted by atomic mass is 35.5. The fourth-order valence-electron chi connectivity index (χ4n) is 2.15. The molecule has 26 heavy (non-hydrogen) atoms. The van der Waals surface area contributed by atoms with Gasteiger partial charge in [-0.15, -0.1) is 5.10 Å². The van der Waals surface area contributed by atoms with Gasteiger partial charge in [-0.3, -0.25) is 4.79 Å². The van der Waals surface area contributed by atoms with E-state index in [9.17, 15) is 9.59 Å². The number of nitrogens with one attached hydrogen (secondary N) is 1. The van der Waals surface area contributed by atoms with E-state index in [1.54, 1.807) is 24.3 Å². The molecule has 1 N–H and O–H groups in total. The number of ether oxygens (including phenoxy) is 1. The average Bonchev–Trinajstić information content (AvgIpc) is 3.12. The normalized spacial score (nSPS) is 13.1. The van der Waals surface area contributed by atoms with Gasteiger partial charge in [-0.25, -0.2) is 4.79 Å². The van der Waals surface area contributed by atoms with E-state index in [4.69, 9.17) is 16.3 Å². The molecule has 1 aromatic heterocycles. The summed E-state index contributed by atoms with van der Waals surface area (Å²) in [6, 6.07) is 6.34. The summed E-state index contributed by atoms with van der Waals surface area (Å²) in [6.07, 6.45) is 0.738. The lowest BCUT2D eigenvalue weighted by Gasteiger charge is -2.21. The van der Waals surface area contributed by atoms with Crippen LogP contribution in [0.4, 0.5) is 0 Å². The van der Waals surface area contributed by atoms with Crippen LogP contribution in [0, 0.1) is 5.92 Å². The van der Waals surface area contributed by atoms with Gasteiger partial charge in [0, 0.05) is 5.02 Å². The first-order valence-electron chi connectivity index (χ1n) is 8.00. The molecule has 1 aromatic carbocycles. The van der Waals surface area contributed by atoms with Crippen LogP contribution in [0.2, 0.25) is 5.02 Å². The summed E-state index contributed by atoms with van der Waals surface area (Å²) < 4.78 is 6.28. The number of aromatic nitrogens is 4. The topological polar surface area (TPSA) is 99.0 Å². The Morgan fingerprint density at radius 2 is 2.04 bits per heavy atom. The standard InChI is InChI=1S/C16H20ClN5O3S/c1-4-10(2)14(15(24)25-3)18-13(23)9-26-16-19-20-21-22(16)12-7-5-11(17)6-8-12/h5-8,10,14H,4,9H2,1-3H3,(H,18,23)/t10-,14-/m0/s1. The number of esters is 1. The minimum Gasteiger partial charge on any atom is -0.467 e. The fourth-order valence-corrected chi connectivity index (χ4v) is 2.98. The fraction of sp³-hybridized carbons (Fsp3) is 0.438. The number of thioether (sulfide) groups is 1. The molecule has 0 spiro atoms. The molecule has 1 heterocycles. The first-order valence-corrected chi connectivity index (χ1v) is 9.37. The number of methoxy groups -OCH3 is 1. The van der Waals surface area contributed by atoms with E-state index in [0.717, 1.165) is 12.1 Å². The Balaban J connectivity index is 2.00. The zero-order valence-corrected chi connectivity index (χ0v) is 16.3. The second-order valence-electron chi connectivity index (χ2n) is 5.59. The number of hydrogen-bond donors (Lipinski definition) is 1. The van der Waals surface area contributed by atoms with Crippen molar-refractivity contribution < 1.29 is 14.3 Å². The number of nitrogens with zero attached hydrogens (tertiary/aromatic N) is 4. The van der Waals surface area contributed by atoms with Gasteiger partial charge >= 0.3 is 5.97 Å². The van der Waals surface area contributed by atoms with Crippen molar-refractivity contribution in [2.24, 2.45) is 5.92 Å². The number of benzene rings is 1. The number of halogens is 1. The number of hydrogen-bond acceptors (Lipinski definition) is 7. The molecular weight excluding hydrogens is 378 g/mol. The molecule has 0 radical (unpaired) electrons. The Morgan fingerprint density at radius 3 is 2.65 bits per heavy atom. The molecule has 0 aliphatic rings. The highest BCUT2D eigenvalue weighted by Gasteiger charge is 2.26. The van der Waals surface area contributed by atoms with E-state index in [-0.39, 0.29) is 17.6 Å². The van der Waals surface area contributed by atoms with Gasteiger partial charge in [0.15, 0.2) is 0 Å². The predicted octanol–water partition coefficient (Wildman–Crippen LogP) is 2.11. The minimum atomic E-state index is -0.676. The van der Waals surface area contributed by atoms with E-state index in [1.165, 1.54) is 23.6 Å². The van der Waals surface area contributed by atoms with Crippen molar-refractivity contribution in [1.82, 2.24) is 25.5 Å². The van der Waals surface area contributed by atoms with Gasteiger partial charge in [0.25, 0.3) is 0 Å². The number of carbonyl (C=O) groups is 2. The molecule has 1 amide bonds. The molecule has 2 atom stereocenters. The molecule has 140 valence electrons. The van der Waals surface area contributed by atoms with Gasteiger partial charge in [-0.2, -0.15) is 4.68 Å². The first-order chi connectivity index (χ1) is 12.5. The molecule has 2 aromatic rings. The van der Waals surface area contributed by atoms with E-state index in [1.807, 2.05) is 13.8 Å². The highest BCUT2D eigenvalue weighted by molar-refractivity contribution is 7.99. The highest BCUT2D eigenvalue weighted by Crippen LogP contribution is 2.19. The molecule has 0 saturated heterocycles. The third-order valence-corrected chi connectivity index (χ3v) is 5.00. The van der Waals surface area contributed by atoms with Crippen molar-refractivity contribution in [3.8, 4) is 5.69 Å². The van der Waals surface area contributed by atoms with Gasteiger partial charge in [-0.05, 0) is 40.6 Å². The molecule has 8 nitrogen and oxygen atoms in total. The summed E-state index contributed by atoms with van der Waals surface area (Å²) in [4.78, 5) is 24.1. The van der Waals surface area contributed by atoms with Gasteiger partial charge in [0.1, 0.15) is 6.04 Å². The maximum atomic E-state index is 12.2. The minimum absolute atomic E-state index is 0.0317. The second-order valence-corrected chi connectivity index (χ2v) is 6.97. The van der Waals surface area contributed by atoms with Crippen LogP contribution < -0.4 is 5.32 Å². The largest absolute Gasteiger partial charge is 0.467 e. The first kappa shape index (κ1) is 20.2. The quantitative estimate of drug-likeness (QED) is 0.538. The van der Waals surface area contributed by atoms with E-state index >= 15 is 0 Å². The average molecular weight is 398 g/mol. The van der Waals surface area contributed by atoms with Crippen LogP contribution in [-0.2, 0) is 14.3 Å². The number of amides is 1. The van der Waals surface area contributed by atoms with E-state index in [0.29, 0.717) is 10.2 Å². The van der Waals surface area contributed by atoms with E-state index in [2.05, 4.69) is 20.8 Å². The van der Waals surface area contributed by atoms with Crippen molar-refractivity contribution in [3.05, 3.63) is 29.3 Å². The Bertz CT molecular complexity index is 753. The van der Waals surface area contributed by atoms with Crippen LogP contribution in [0.25, 0.3) is 5.69 Å². The summed E-state index contributed by atoms with van der Waals surface area (Å²) in [5.74, 6) is -0.714. The van der Waals surface area contributed by atoms with Gasteiger partial charge in [0.05, 0.1) is 18.6 Å². The molecule has 10 heteroatoms. The molecule has 0 aliphatic carbocycles. The summed E-state index contributed by atoms with van der Waals surface area (Å²) in [6.45, 7) is 3.83. The number of carbonyl (C=O) groups excluding carboxylic acids is 2. The maximum Gasteiger partial charge on any atom is 0.328 e. The Kier molecular flexibility index (Phi) is 7.40. The lowest BCUT2D eigenvalue weighted by atomic mass is 9.99. The smallest absolute Gasteiger partial charge is 0.328 e. The summed E-state index contributed by atoms with van der Waals surface area (Å²) in [5, 5.41) is 15.3. The summed E-state index contributed by atoms with van der Waals surface area (Å²) in [7, 11) is 1.30. The molecule has 0 aliphatic heterocycles. The van der Waals surface area contributed by atoms with Gasteiger partial charge in [0.2, 0.25) is 11.1 Å². The zero-order valence-electron chi connectivity index (χ0n) is 14.7. The SMILES string of the molecule is CC[C@H](C)[C@H](NC(=O)CSc1nnnn1-c1ccc(Cl)cc1)C(=O)OC. The van der Waals surface area contributed by atoms with Crippen LogP contribution in [0.5, 0.6) is 0 Å². The molecule has 0 unspecified atom stereocenters. The Hall–Kier alpha value is -2.13. The van der Waals surface area contributed by atoms with Crippen molar-refractivity contribution in [1.29, 1.82) is 0 Å². The van der Waals surface area contributed by atoms with Crippen LogP contribution in [0.15, 0.2) is 29.4 Å². The molecule has 0 fully saturated rings. The predicted molar refractivity (Wildman–Crippen MR) is 98.3 cm³/mol. The Labute approximate surface area is 160 Å². The van der Waals surface area contributed by atoms with Crippen LogP contribution in [0.3, 0.4) is 0 Å². The summed E-state index contributed by atoms with van der Waals surface area (Å²) in [5.41, 5.74) is 0.731. The van der Waals surface area contributed by atoms with Crippen LogP contribution in [0.1, 0.15) is 20.3 Å². The van der Waals surface area contributed by atoms with Gasteiger partial charge < -0.3 is 10.1 Å².